The predicted octanol–water partition coefficient (Wildman–Crippen LogP) is 0.848. The number of hydrogen-bond donors (Lipinski definition) is 2. The average molecular weight is 246 g/mol. The first-order valence-corrected chi connectivity index (χ1v) is 8.02. The summed E-state index contributed by atoms with van der Waals surface area (Å²) in [5, 5.41) is 3.22. The summed E-state index contributed by atoms with van der Waals surface area (Å²) < 4.78 is 26.4. The maximum Gasteiger partial charge on any atom is 0.211 e. The predicted molar refractivity (Wildman–Crippen MR) is 64.8 cm³/mol. The lowest BCUT2D eigenvalue weighted by molar-refractivity contribution is 0.307. The van der Waals surface area contributed by atoms with Crippen LogP contribution in [0.15, 0.2) is 0 Å². The molecule has 4 nitrogen and oxygen atoms in total. The van der Waals surface area contributed by atoms with E-state index in [1.54, 1.807) is 0 Å². The van der Waals surface area contributed by atoms with E-state index >= 15 is 0 Å². The standard InChI is InChI=1S/C11H22N2O2S/c14-16(15,8-6-10-3-1-4-10)13-11-5-2-7-12-9-11/h10-13H,1-9H2/t11-/m0/s1. The lowest BCUT2D eigenvalue weighted by Crippen LogP contribution is -2.46. The molecule has 16 heavy (non-hydrogen) atoms. The SMILES string of the molecule is O=S(=O)(CCC1CCC1)N[C@H]1CCCNC1. The summed E-state index contributed by atoms with van der Waals surface area (Å²) in [5.74, 6) is 0.981. The fourth-order valence-electron chi connectivity index (χ4n) is 2.37. The van der Waals surface area contributed by atoms with E-state index < -0.39 is 10.0 Å². The van der Waals surface area contributed by atoms with Gasteiger partial charge in [-0.3, -0.25) is 0 Å². The Morgan fingerprint density at radius 2 is 2.00 bits per heavy atom. The zero-order valence-electron chi connectivity index (χ0n) is 9.74. The van der Waals surface area contributed by atoms with Gasteiger partial charge in [-0.05, 0) is 31.7 Å². The second-order valence-electron chi connectivity index (χ2n) is 5.07. The molecule has 0 aromatic heterocycles. The van der Waals surface area contributed by atoms with E-state index in [-0.39, 0.29) is 6.04 Å². The maximum absolute atomic E-state index is 11.8. The molecule has 1 aliphatic heterocycles. The van der Waals surface area contributed by atoms with Gasteiger partial charge in [-0.1, -0.05) is 19.3 Å². The summed E-state index contributed by atoms with van der Waals surface area (Å²) in [5.41, 5.74) is 0. The lowest BCUT2D eigenvalue weighted by Gasteiger charge is -2.26. The van der Waals surface area contributed by atoms with Crippen LogP contribution in [0.5, 0.6) is 0 Å². The van der Waals surface area contributed by atoms with Crippen LogP contribution in [0.1, 0.15) is 38.5 Å². The zero-order chi connectivity index (χ0) is 11.4. The molecule has 5 heteroatoms. The summed E-state index contributed by atoms with van der Waals surface area (Å²) in [6, 6.07) is 0.111. The molecule has 1 atom stereocenters. The third-order valence-electron chi connectivity index (χ3n) is 3.66. The minimum absolute atomic E-state index is 0.111. The summed E-state index contributed by atoms with van der Waals surface area (Å²) >= 11 is 0. The van der Waals surface area contributed by atoms with Gasteiger partial charge in [0.25, 0.3) is 0 Å². The average Bonchev–Trinajstić information content (AvgIpc) is 2.15. The minimum atomic E-state index is -3.04. The van der Waals surface area contributed by atoms with Crippen LogP contribution in [0, 0.1) is 5.92 Å². The molecule has 1 aliphatic carbocycles. The van der Waals surface area contributed by atoms with Gasteiger partial charge in [0.2, 0.25) is 10.0 Å². The summed E-state index contributed by atoms with van der Waals surface area (Å²) in [7, 11) is -3.04. The summed E-state index contributed by atoms with van der Waals surface area (Å²) in [6.07, 6.45) is 6.60. The van der Waals surface area contributed by atoms with Gasteiger partial charge in [0.1, 0.15) is 0 Å². The fraction of sp³-hybridized carbons (Fsp3) is 1.00. The van der Waals surface area contributed by atoms with E-state index in [0.717, 1.165) is 32.4 Å². The molecule has 0 bridgehead atoms. The monoisotopic (exact) mass is 246 g/mol. The molecule has 0 spiro atoms. The van der Waals surface area contributed by atoms with Gasteiger partial charge in [0.15, 0.2) is 0 Å². The third-order valence-corrected chi connectivity index (χ3v) is 5.13. The molecule has 0 radical (unpaired) electrons. The van der Waals surface area contributed by atoms with Crippen molar-refractivity contribution in [2.75, 3.05) is 18.8 Å². The van der Waals surface area contributed by atoms with Crippen LogP contribution in [0.3, 0.4) is 0 Å². The van der Waals surface area contributed by atoms with Gasteiger partial charge in [0.05, 0.1) is 5.75 Å². The molecule has 0 amide bonds. The Hall–Kier alpha value is -0.130. The number of nitrogens with one attached hydrogen (secondary N) is 2. The highest BCUT2D eigenvalue weighted by atomic mass is 32.2. The molecule has 1 saturated heterocycles. The second-order valence-corrected chi connectivity index (χ2v) is 6.94. The van der Waals surface area contributed by atoms with Crippen LogP contribution in [0.25, 0.3) is 0 Å². The lowest BCUT2D eigenvalue weighted by atomic mass is 9.84. The number of piperidine rings is 1. The van der Waals surface area contributed by atoms with Crippen molar-refractivity contribution in [3.8, 4) is 0 Å². The van der Waals surface area contributed by atoms with E-state index in [2.05, 4.69) is 10.0 Å². The van der Waals surface area contributed by atoms with Crippen molar-refractivity contribution in [3.05, 3.63) is 0 Å². The van der Waals surface area contributed by atoms with Crippen LogP contribution < -0.4 is 10.0 Å². The normalized spacial score (nSPS) is 27.6. The molecule has 94 valence electrons. The first-order chi connectivity index (χ1) is 7.66. The third kappa shape index (κ3) is 3.71. The van der Waals surface area contributed by atoms with Crippen molar-refractivity contribution in [2.24, 2.45) is 5.92 Å². The molecule has 0 unspecified atom stereocenters. The highest BCUT2D eigenvalue weighted by molar-refractivity contribution is 7.89. The molecule has 2 aliphatic rings. The van der Waals surface area contributed by atoms with E-state index in [4.69, 9.17) is 0 Å². The number of sulfonamides is 1. The Kier molecular flexibility index (Phi) is 4.21. The van der Waals surface area contributed by atoms with Gasteiger partial charge in [-0.25, -0.2) is 13.1 Å². The van der Waals surface area contributed by atoms with E-state index in [1.165, 1.54) is 19.3 Å². The molecule has 0 aromatic rings. The molecule has 1 saturated carbocycles. The quantitative estimate of drug-likeness (QED) is 0.756. The zero-order valence-corrected chi connectivity index (χ0v) is 10.6. The molecule has 1 heterocycles. The number of rotatable bonds is 5. The van der Waals surface area contributed by atoms with E-state index in [0.29, 0.717) is 11.7 Å². The van der Waals surface area contributed by atoms with Crippen LogP contribution >= 0.6 is 0 Å². The molecule has 2 rings (SSSR count). The van der Waals surface area contributed by atoms with Gasteiger partial charge >= 0.3 is 0 Å². The largest absolute Gasteiger partial charge is 0.315 e. The van der Waals surface area contributed by atoms with Crippen molar-refractivity contribution >= 4 is 10.0 Å². The highest BCUT2D eigenvalue weighted by Crippen LogP contribution is 2.29. The van der Waals surface area contributed by atoms with Gasteiger partial charge < -0.3 is 5.32 Å². The van der Waals surface area contributed by atoms with Crippen LogP contribution in [-0.2, 0) is 10.0 Å². The Labute approximate surface area is 98.2 Å². The first kappa shape index (κ1) is 12.3. The smallest absolute Gasteiger partial charge is 0.211 e. The van der Waals surface area contributed by atoms with Crippen molar-refractivity contribution in [1.29, 1.82) is 0 Å². The first-order valence-electron chi connectivity index (χ1n) is 6.36. The van der Waals surface area contributed by atoms with Crippen molar-refractivity contribution in [2.45, 2.75) is 44.6 Å². The van der Waals surface area contributed by atoms with Crippen molar-refractivity contribution in [3.63, 3.8) is 0 Å². The van der Waals surface area contributed by atoms with Gasteiger partial charge in [-0.2, -0.15) is 0 Å². The molecule has 0 aromatic carbocycles. The molecule has 2 fully saturated rings. The van der Waals surface area contributed by atoms with Crippen molar-refractivity contribution < 1.29 is 8.42 Å². The Balaban J connectivity index is 1.72. The van der Waals surface area contributed by atoms with E-state index in [9.17, 15) is 8.42 Å². The fourth-order valence-corrected chi connectivity index (χ4v) is 3.84. The Morgan fingerprint density at radius 3 is 2.56 bits per heavy atom. The second kappa shape index (κ2) is 5.47. The van der Waals surface area contributed by atoms with Gasteiger partial charge in [0, 0.05) is 12.6 Å². The van der Waals surface area contributed by atoms with Crippen molar-refractivity contribution in [1.82, 2.24) is 10.0 Å². The molecular formula is C11H22N2O2S. The van der Waals surface area contributed by atoms with Crippen LogP contribution in [-0.4, -0.2) is 33.3 Å². The summed E-state index contributed by atoms with van der Waals surface area (Å²) in [4.78, 5) is 0. The molecule has 2 N–H and O–H groups in total. The maximum atomic E-state index is 11.8. The highest BCUT2D eigenvalue weighted by Gasteiger charge is 2.23. The Bertz CT molecular complexity index is 306. The minimum Gasteiger partial charge on any atom is -0.315 e. The Morgan fingerprint density at radius 1 is 1.19 bits per heavy atom. The van der Waals surface area contributed by atoms with Crippen LogP contribution in [0.2, 0.25) is 0 Å². The topological polar surface area (TPSA) is 58.2 Å². The van der Waals surface area contributed by atoms with E-state index in [1.807, 2.05) is 0 Å². The van der Waals surface area contributed by atoms with Crippen LogP contribution in [0.4, 0.5) is 0 Å². The summed E-state index contributed by atoms with van der Waals surface area (Å²) in [6.45, 7) is 1.79. The van der Waals surface area contributed by atoms with Gasteiger partial charge in [-0.15, -0.1) is 0 Å². The molecular weight excluding hydrogens is 224 g/mol. The number of hydrogen-bond acceptors (Lipinski definition) is 3.